The Morgan fingerprint density at radius 2 is 1.19 bits per heavy atom. The maximum absolute atomic E-state index is 13.4. The molecule has 1 aliphatic rings. The van der Waals surface area contributed by atoms with Crippen molar-refractivity contribution in [2.45, 2.75) is 16.3 Å². The Morgan fingerprint density at radius 3 is 1.62 bits per heavy atom. The normalized spacial score (nSPS) is 17.2. The third kappa shape index (κ3) is 5.83. The third-order valence-corrected chi connectivity index (χ3v) is 7.02. The van der Waals surface area contributed by atoms with Gasteiger partial charge in [0.2, 0.25) is 0 Å². The molecule has 0 aromatic heterocycles. The molecule has 0 bridgehead atoms. The summed E-state index contributed by atoms with van der Waals surface area (Å²) in [6.07, 6.45) is 8.24. The molecule has 1 saturated heterocycles. The molecule has 4 heteroatoms. The Bertz CT molecular complexity index is 1050. The largest absolute Gasteiger partial charge is 0.290 e. The van der Waals surface area contributed by atoms with Crippen molar-refractivity contribution in [3.05, 3.63) is 107 Å². The van der Waals surface area contributed by atoms with Gasteiger partial charge in [-0.1, -0.05) is 54.6 Å². The second-order valence-corrected chi connectivity index (χ2v) is 9.60. The van der Waals surface area contributed by atoms with Crippen LogP contribution in [0, 0.1) is 0 Å². The monoisotopic (exact) mass is 457 g/mol. The van der Waals surface area contributed by atoms with E-state index in [0.717, 1.165) is 28.8 Å². The molecule has 162 valence electrons. The van der Waals surface area contributed by atoms with Crippen LogP contribution in [0.25, 0.3) is 12.2 Å². The quantitative estimate of drug-likeness (QED) is 0.304. The lowest BCUT2D eigenvalue weighted by atomic mass is 9.94. The van der Waals surface area contributed by atoms with Crippen LogP contribution >= 0.6 is 23.5 Å². The van der Waals surface area contributed by atoms with E-state index in [-0.39, 0.29) is 5.78 Å². The minimum Gasteiger partial charge on any atom is -0.290 e. The van der Waals surface area contributed by atoms with Gasteiger partial charge in [0.25, 0.3) is 0 Å². The first kappa shape index (κ1) is 22.7. The van der Waals surface area contributed by atoms with Crippen LogP contribution in [0.3, 0.4) is 0 Å². The average Bonchev–Trinajstić information content (AvgIpc) is 2.83. The van der Waals surface area contributed by atoms with Crippen molar-refractivity contribution in [2.75, 3.05) is 25.6 Å². The molecule has 0 atom stereocenters. The molecule has 3 aromatic rings. The van der Waals surface area contributed by atoms with Crippen LogP contribution in [0.2, 0.25) is 0 Å². The molecule has 3 aromatic carbocycles. The zero-order valence-electron chi connectivity index (χ0n) is 18.5. The number of hydrogen-bond acceptors (Lipinski definition) is 4. The fraction of sp³-hybridized carbons (Fsp3) is 0.179. The summed E-state index contributed by atoms with van der Waals surface area (Å²) < 4.78 is 0. The van der Waals surface area contributed by atoms with Gasteiger partial charge in [0.1, 0.15) is 0 Å². The maximum atomic E-state index is 13.4. The molecule has 0 spiro atoms. The smallest absolute Gasteiger partial charge is 0.187 e. The predicted molar refractivity (Wildman–Crippen MR) is 139 cm³/mol. The van der Waals surface area contributed by atoms with Crippen molar-refractivity contribution in [3.8, 4) is 0 Å². The molecular formula is C28H27NOS2. The number of nitrogens with zero attached hydrogens (tertiary/aromatic N) is 1. The van der Waals surface area contributed by atoms with Gasteiger partial charge in [0.15, 0.2) is 5.78 Å². The van der Waals surface area contributed by atoms with Crippen LogP contribution in [0.4, 0.5) is 0 Å². The van der Waals surface area contributed by atoms with E-state index in [1.165, 1.54) is 15.4 Å². The topological polar surface area (TPSA) is 20.3 Å². The maximum Gasteiger partial charge on any atom is 0.187 e. The molecule has 0 amide bonds. The average molecular weight is 458 g/mol. The standard InChI is InChI=1S/C28H27NOS2/c1-31-26-12-8-21(9-13-26)16-24-19-29(18-23-6-4-3-5-7-23)20-25(28(24)30)17-22-10-14-27(32-2)15-11-22/h3-17H,18-20H2,1-2H3/b24-16+,25-17+. The van der Waals surface area contributed by atoms with E-state index in [1.807, 2.05) is 18.2 Å². The number of benzene rings is 3. The number of hydrogen-bond donors (Lipinski definition) is 0. The second kappa shape index (κ2) is 10.9. The highest BCUT2D eigenvalue weighted by Crippen LogP contribution is 2.25. The Balaban J connectivity index is 1.65. The Labute approximate surface area is 199 Å². The van der Waals surface area contributed by atoms with Crippen LogP contribution in [-0.2, 0) is 11.3 Å². The molecule has 0 unspecified atom stereocenters. The fourth-order valence-electron chi connectivity index (χ4n) is 3.87. The Morgan fingerprint density at radius 1 is 0.719 bits per heavy atom. The van der Waals surface area contributed by atoms with Gasteiger partial charge in [0, 0.05) is 40.6 Å². The Kier molecular flexibility index (Phi) is 7.69. The van der Waals surface area contributed by atoms with Crippen molar-refractivity contribution >= 4 is 41.5 Å². The highest BCUT2D eigenvalue weighted by Gasteiger charge is 2.26. The number of likely N-dealkylation sites (tertiary alicyclic amines) is 1. The van der Waals surface area contributed by atoms with Crippen molar-refractivity contribution in [1.82, 2.24) is 4.90 Å². The van der Waals surface area contributed by atoms with Crippen molar-refractivity contribution in [1.29, 1.82) is 0 Å². The molecule has 0 radical (unpaired) electrons. The highest BCUT2D eigenvalue weighted by atomic mass is 32.2. The van der Waals surface area contributed by atoms with Crippen LogP contribution in [0.5, 0.6) is 0 Å². The van der Waals surface area contributed by atoms with E-state index >= 15 is 0 Å². The fourth-order valence-corrected chi connectivity index (χ4v) is 4.68. The minimum atomic E-state index is 0.150. The number of piperidine rings is 1. The van der Waals surface area contributed by atoms with Crippen LogP contribution in [0.15, 0.2) is 99.8 Å². The summed E-state index contributed by atoms with van der Waals surface area (Å²) in [5, 5.41) is 0. The van der Waals surface area contributed by atoms with Gasteiger partial charge in [-0.3, -0.25) is 9.69 Å². The summed E-state index contributed by atoms with van der Waals surface area (Å²) >= 11 is 3.45. The number of ketones is 1. The summed E-state index contributed by atoms with van der Waals surface area (Å²) in [6.45, 7) is 2.13. The predicted octanol–water partition coefficient (Wildman–Crippen LogP) is 6.68. The molecule has 32 heavy (non-hydrogen) atoms. The second-order valence-electron chi connectivity index (χ2n) is 7.85. The van der Waals surface area contributed by atoms with E-state index in [0.29, 0.717) is 13.1 Å². The number of Topliss-reactive ketones (excluding diaryl/α,β-unsaturated/α-hetero) is 1. The van der Waals surface area contributed by atoms with E-state index in [9.17, 15) is 4.79 Å². The first-order valence-electron chi connectivity index (χ1n) is 10.6. The van der Waals surface area contributed by atoms with Gasteiger partial charge in [-0.05, 0) is 65.6 Å². The highest BCUT2D eigenvalue weighted by molar-refractivity contribution is 7.98. The van der Waals surface area contributed by atoms with Gasteiger partial charge >= 0.3 is 0 Å². The van der Waals surface area contributed by atoms with Gasteiger partial charge in [0.05, 0.1) is 0 Å². The summed E-state index contributed by atoms with van der Waals surface area (Å²) in [6, 6.07) is 27.3. The summed E-state index contributed by atoms with van der Waals surface area (Å²) in [7, 11) is 0. The van der Waals surface area contributed by atoms with Crippen molar-refractivity contribution in [2.24, 2.45) is 0 Å². The van der Waals surface area contributed by atoms with Crippen molar-refractivity contribution < 1.29 is 4.79 Å². The van der Waals surface area contributed by atoms with Gasteiger partial charge in [-0.2, -0.15) is 0 Å². The molecule has 1 fully saturated rings. The summed E-state index contributed by atoms with van der Waals surface area (Å²) in [4.78, 5) is 18.2. The minimum absolute atomic E-state index is 0.150. The lowest BCUT2D eigenvalue weighted by Crippen LogP contribution is -2.37. The molecule has 0 N–H and O–H groups in total. The SMILES string of the molecule is CSc1ccc(/C=C2\CN(Cc3ccccc3)C/C(=C\c3ccc(SC)cc3)C2=O)cc1. The number of rotatable bonds is 6. The number of thioether (sulfide) groups is 2. The molecular weight excluding hydrogens is 430 g/mol. The molecule has 2 nitrogen and oxygen atoms in total. The van der Waals surface area contributed by atoms with E-state index < -0.39 is 0 Å². The van der Waals surface area contributed by atoms with E-state index in [1.54, 1.807) is 23.5 Å². The van der Waals surface area contributed by atoms with Gasteiger partial charge in [-0.15, -0.1) is 23.5 Å². The van der Waals surface area contributed by atoms with Gasteiger partial charge < -0.3 is 0 Å². The summed E-state index contributed by atoms with van der Waals surface area (Å²) in [5.41, 5.74) is 5.08. The first-order chi connectivity index (χ1) is 15.6. The molecule has 1 aliphatic heterocycles. The third-order valence-electron chi connectivity index (χ3n) is 5.53. The number of carbonyl (C=O) groups is 1. The molecule has 4 rings (SSSR count). The van der Waals surface area contributed by atoms with Crippen LogP contribution < -0.4 is 0 Å². The number of carbonyl (C=O) groups excluding carboxylic acids is 1. The van der Waals surface area contributed by atoms with E-state index in [2.05, 4.69) is 90.2 Å². The Hall–Kier alpha value is -2.53. The zero-order chi connectivity index (χ0) is 22.3. The van der Waals surface area contributed by atoms with Crippen LogP contribution in [0.1, 0.15) is 16.7 Å². The molecule has 0 saturated carbocycles. The summed E-state index contributed by atoms with van der Waals surface area (Å²) in [5.74, 6) is 0.150. The van der Waals surface area contributed by atoms with Crippen molar-refractivity contribution in [3.63, 3.8) is 0 Å². The van der Waals surface area contributed by atoms with E-state index in [4.69, 9.17) is 0 Å². The molecule has 1 heterocycles. The lowest BCUT2D eigenvalue weighted by Gasteiger charge is -2.30. The van der Waals surface area contributed by atoms with Gasteiger partial charge in [-0.25, -0.2) is 0 Å². The lowest BCUT2D eigenvalue weighted by molar-refractivity contribution is -0.113. The first-order valence-corrected chi connectivity index (χ1v) is 13.1. The van der Waals surface area contributed by atoms with Crippen LogP contribution in [-0.4, -0.2) is 36.3 Å². The molecule has 0 aliphatic carbocycles. The zero-order valence-corrected chi connectivity index (χ0v) is 20.1.